The third kappa shape index (κ3) is 3.49. The van der Waals surface area contributed by atoms with Crippen LogP contribution >= 0.6 is 0 Å². The van der Waals surface area contributed by atoms with Crippen molar-refractivity contribution in [1.29, 1.82) is 0 Å². The van der Waals surface area contributed by atoms with Gasteiger partial charge in [-0.25, -0.2) is 4.79 Å². The van der Waals surface area contributed by atoms with E-state index in [2.05, 4.69) is 81.4 Å². The molecule has 3 aromatic rings. The van der Waals surface area contributed by atoms with Gasteiger partial charge in [-0.05, 0) is 70.7 Å². The first-order valence-corrected chi connectivity index (χ1v) is 11.7. The summed E-state index contributed by atoms with van der Waals surface area (Å²) in [6.07, 6.45) is 2.35. The van der Waals surface area contributed by atoms with Crippen molar-refractivity contribution < 1.29 is 9.90 Å². The number of carboxylic acids is 1. The second kappa shape index (κ2) is 7.38. The van der Waals surface area contributed by atoms with E-state index in [1.54, 1.807) is 12.1 Å². The highest BCUT2D eigenvalue weighted by molar-refractivity contribution is 5.88. The van der Waals surface area contributed by atoms with Gasteiger partial charge in [0.15, 0.2) is 0 Å². The van der Waals surface area contributed by atoms with Crippen molar-refractivity contribution in [3.8, 4) is 0 Å². The molecule has 2 N–H and O–H groups in total. The molecular weight excluding hydrogens is 408 g/mol. The molecule has 1 unspecified atom stereocenters. The molecule has 1 aliphatic heterocycles. The summed E-state index contributed by atoms with van der Waals surface area (Å²) < 4.78 is 0. The summed E-state index contributed by atoms with van der Waals surface area (Å²) >= 11 is 0. The van der Waals surface area contributed by atoms with Gasteiger partial charge >= 0.3 is 5.97 Å². The van der Waals surface area contributed by atoms with Gasteiger partial charge in [0.1, 0.15) is 0 Å². The van der Waals surface area contributed by atoms with Gasteiger partial charge < -0.3 is 15.3 Å². The summed E-state index contributed by atoms with van der Waals surface area (Å²) in [6.45, 7) is 9.42. The molecule has 0 spiro atoms. The predicted molar refractivity (Wildman–Crippen MR) is 135 cm³/mol. The zero-order valence-electron chi connectivity index (χ0n) is 20.1. The Morgan fingerprint density at radius 2 is 1.52 bits per heavy atom. The first kappa shape index (κ1) is 21.6. The maximum atomic E-state index is 11.4. The van der Waals surface area contributed by atoms with E-state index in [9.17, 15) is 9.90 Å². The molecule has 0 fully saturated rings. The number of benzene rings is 3. The van der Waals surface area contributed by atoms with Crippen molar-refractivity contribution in [3.63, 3.8) is 0 Å². The average Bonchev–Trinajstić information content (AvgIpc) is 2.91. The van der Waals surface area contributed by atoms with Crippen LogP contribution in [0.5, 0.6) is 0 Å². The van der Waals surface area contributed by atoms with Gasteiger partial charge in [-0.2, -0.15) is 0 Å². The number of carboxylic acid groups (broad SMARTS) is 1. The minimum absolute atomic E-state index is 0.0782. The van der Waals surface area contributed by atoms with E-state index >= 15 is 0 Å². The van der Waals surface area contributed by atoms with Crippen LogP contribution in [0.1, 0.15) is 79.2 Å². The van der Waals surface area contributed by atoms with E-state index in [-0.39, 0.29) is 16.9 Å². The average molecular weight is 441 g/mol. The van der Waals surface area contributed by atoms with Crippen molar-refractivity contribution in [2.45, 2.75) is 57.4 Å². The number of nitrogens with zero attached hydrogens (tertiary/aromatic N) is 1. The summed E-state index contributed by atoms with van der Waals surface area (Å²) in [4.78, 5) is 13.7. The molecule has 0 saturated carbocycles. The smallest absolute Gasteiger partial charge is 0.335 e. The summed E-state index contributed by atoms with van der Waals surface area (Å²) in [5.41, 5.74) is 9.09. The molecule has 4 heteroatoms. The molecule has 0 aromatic heterocycles. The van der Waals surface area contributed by atoms with E-state index in [0.29, 0.717) is 5.56 Å². The van der Waals surface area contributed by atoms with E-state index in [0.717, 1.165) is 16.9 Å². The normalized spacial score (nSPS) is 20.0. The highest BCUT2D eigenvalue weighted by Gasteiger charge is 2.39. The quantitative estimate of drug-likeness (QED) is 0.450. The minimum atomic E-state index is -0.905. The number of nitrogens with one attached hydrogen (secondary N) is 1. The van der Waals surface area contributed by atoms with Crippen LogP contribution in [0, 0.1) is 0 Å². The molecule has 1 atom stereocenters. The number of aromatic carboxylic acids is 1. The van der Waals surface area contributed by atoms with Crippen molar-refractivity contribution in [1.82, 2.24) is 0 Å². The number of rotatable bonds is 2. The lowest BCUT2D eigenvalue weighted by atomic mass is 9.63. The Morgan fingerprint density at radius 1 is 0.909 bits per heavy atom. The SMILES string of the molecule is CN1c2cc3c(cc2NC(c2ccc(C(=O)O)cc2)c2ccccc21)C(C)(C)CCC3(C)C. The number of hydrogen-bond donors (Lipinski definition) is 2. The fourth-order valence-corrected chi connectivity index (χ4v) is 5.48. The molecule has 170 valence electrons. The van der Waals surface area contributed by atoms with Gasteiger partial charge in [-0.15, -0.1) is 0 Å². The van der Waals surface area contributed by atoms with E-state index in [1.165, 1.54) is 35.2 Å². The maximum Gasteiger partial charge on any atom is 0.335 e. The van der Waals surface area contributed by atoms with Crippen molar-refractivity contribution in [3.05, 3.63) is 88.5 Å². The molecule has 1 heterocycles. The third-order valence-corrected chi connectivity index (χ3v) is 7.73. The number of carbonyl (C=O) groups is 1. The first-order valence-electron chi connectivity index (χ1n) is 11.7. The molecule has 4 nitrogen and oxygen atoms in total. The first-order chi connectivity index (χ1) is 15.6. The van der Waals surface area contributed by atoms with Crippen LogP contribution in [0.25, 0.3) is 0 Å². The highest BCUT2D eigenvalue weighted by atomic mass is 16.4. The summed E-state index contributed by atoms with van der Waals surface area (Å²) in [6, 6.07) is 20.4. The Kier molecular flexibility index (Phi) is 4.82. The van der Waals surface area contributed by atoms with Crippen LogP contribution in [0.2, 0.25) is 0 Å². The number of para-hydroxylation sites is 1. The van der Waals surface area contributed by atoms with Crippen molar-refractivity contribution in [2.24, 2.45) is 0 Å². The molecule has 0 radical (unpaired) electrons. The number of fused-ring (bicyclic) bond motifs is 3. The van der Waals surface area contributed by atoms with Crippen LogP contribution in [0.4, 0.5) is 17.1 Å². The lowest BCUT2D eigenvalue weighted by molar-refractivity contribution is 0.0697. The lowest BCUT2D eigenvalue weighted by Crippen LogP contribution is -2.34. The van der Waals surface area contributed by atoms with Crippen molar-refractivity contribution >= 4 is 23.0 Å². The monoisotopic (exact) mass is 440 g/mol. The molecule has 0 amide bonds. The van der Waals surface area contributed by atoms with Crippen LogP contribution in [-0.4, -0.2) is 18.1 Å². The molecule has 0 bridgehead atoms. The summed E-state index contributed by atoms with van der Waals surface area (Å²) in [5, 5.41) is 13.2. The van der Waals surface area contributed by atoms with Crippen LogP contribution < -0.4 is 10.2 Å². The lowest BCUT2D eigenvalue weighted by Gasteiger charge is -2.43. The zero-order valence-corrected chi connectivity index (χ0v) is 20.1. The van der Waals surface area contributed by atoms with Crippen molar-refractivity contribution in [2.75, 3.05) is 17.3 Å². The maximum absolute atomic E-state index is 11.4. The highest BCUT2D eigenvalue weighted by Crippen LogP contribution is 2.51. The zero-order chi connectivity index (χ0) is 23.5. The summed E-state index contributed by atoms with van der Waals surface area (Å²) in [7, 11) is 2.14. The third-order valence-electron chi connectivity index (χ3n) is 7.73. The Morgan fingerprint density at radius 3 is 2.15 bits per heavy atom. The minimum Gasteiger partial charge on any atom is -0.478 e. The second-order valence-electron chi connectivity index (χ2n) is 10.8. The molecule has 1 aliphatic carbocycles. The Balaban J connectivity index is 1.71. The van der Waals surface area contributed by atoms with Gasteiger partial charge in [0.2, 0.25) is 0 Å². The Hall–Kier alpha value is -3.27. The summed E-state index contributed by atoms with van der Waals surface area (Å²) in [5.74, 6) is -0.905. The van der Waals surface area contributed by atoms with Gasteiger partial charge in [0.25, 0.3) is 0 Å². The number of hydrogen-bond acceptors (Lipinski definition) is 3. The topological polar surface area (TPSA) is 52.6 Å². The fraction of sp³-hybridized carbons (Fsp3) is 0.345. The molecular formula is C29H32N2O2. The Bertz CT molecular complexity index is 1240. The largest absolute Gasteiger partial charge is 0.478 e. The molecule has 3 aromatic carbocycles. The van der Waals surface area contributed by atoms with E-state index in [4.69, 9.17) is 0 Å². The molecule has 2 aliphatic rings. The van der Waals surface area contributed by atoms with E-state index in [1.807, 2.05) is 12.1 Å². The second-order valence-corrected chi connectivity index (χ2v) is 10.8. The molecule has 5 rings (SSSR count). The molecule has 0 saturated heterocycles. The van der Waals surface area contributed by atoms with Crippen LogP contribution in [0.3, 0.4) is 0 Å². The van der Waals surface area contributed by atoms with E-state index < -0.39 is 5.97 Å². The van der Waals surface area contributed by atoms with Gasteiger partial charge in [-0.1, -0.05) is 58.0 Å². The Labute approximate surface area is 196 Å². The van der Waals surface area contributed by atoms with Crippen LogP contribution in [0.15, 0.2) is 60.7 Å². The van der Waals surface area contributed by atoms with Gasteiger partial charge in [0.05, 0.1) is 23.0 Å². The van der Waals surface area contributed by atoms with Crippen LogP contribution in [-0.2, 0) is 10.8 Å². The van der Waals surface area contributed by atoms with Gasteiger partial charge in [0, 0.05) is 18.3 Å². The number of anilines is 3. The molecule has 33 heavy (non-hydrogen) atoms. The fourth-order valence-electron chi connectivity index (χ4n) is 5.48. The van der Waals surface area contributed by atoms with Gasteiger partial charge in [-0.3, -0.25) is 0 Å². The predicted octanol–water partition coefficient (Wildman–Crippen LogP) is 7.02. The standard InChI is InChI=1S/C29H32N2O2/c1-28(2)14-15-29(3,4)22-17-25-23(16-21(22)28)30-26(18-10-12-19(13-11-18)27(32)33)20-8-6-7-9-24(20)31(25)5/h6-13,16-17,26,30H,14-15H2,1-5H3,(H,32,33).